The normalized spacial score (nSPS) is 12.8. The van der Waals surface area contributed by atoms with Gasteiger partial charge in [0.1, 0.15) is 11.6 Å². The number of aryl methyl sites for hydroxylation is 1. The first-order chi connectivity index (χ1) is 17.2. The maximum absolute atomic E-state index is 12.5. The fourth-order valence-corrected chi connectivity index (χ4v) is 4.44. The molecule has 4 rings (SSSR count). The molecule has 0 fully saturated rings. The van der Waals surface area contributed by atoms with Crippen LogP contribution in [0.1, 0.15) is 28.1 Å². The number of amidine groups is 1. The lowest BCUT2D eigenvalue weighted by Crippen LogP contribution is -2.27. The number of carbonyl (C=O) groups excluding carboxylic acids is 1. The number of carbonyl (C=O) groups is 1. The monoisotopic (exact) mass is 512 g/mol. The lowest BCUT2D eigenvalue weighted by molar-refractivity contribution is 0.0926. The molecule has 184 valence electrons. The zero-order valence-corrected chi connectivity index (χ0v) is 21.1. The van der Waals surface area contributed by atoms with Crippen LogP contribution in [-0.2, 0) is 6.42 Å². The van der Waals surface area contributed by atoms with Gasteiger partial charge in [-0.2, -0.15) is 0 Å². The summed E-state index contributed by atoms with van der Waals surface area (Å²) >= 11 is 11.8. The van der Waals surface area contributed by atoms with Gasteiger partial charge in [0.05, 0.1) is 6.54 Å². The minimum Gasteiger partial charge on any atom is -0.451 e. The third-order valence-corrected chi connectivity index (χ3v) is 6.22. The van der Waals surface area contributed by atoms with Gasteiger partial charge in [-0.25, -0.2) is 0 Å². The fourth-order valence-electron chi connectivity index (χ4n) is 4.03. The van der Waals surface area contributed by atoms with Gasteiger partial charge in [0.15, 0.2) is 5.76 Å². The third-order valence-electron chi connectivity index (χ3n) is 5.88. The number of halogens is 2. The molecule has 1 aromatic heterocycles. The predicted octanol–water partition coefficient (Wildman–Crippen LogP) is 4.94. The predicted molar refractivity (Wildman–Crippen MR) is 144 cm³/mol. The van der Waals surface area contributed by atoms with Gasteiger partial charge < -0.3 is 20.0 Å². The number of hydrogen-bond acceptors (Lipinski definition) is 5. The van der Waals surface area contributed by atoms with Crippen molar-refractivity contribution in [2.75, 3.05) is 49.4 Å². The first-order valence-electron chi connectivity index (χ1n) is 11.9. The molecule has 2 N–H and O–H groups in total. The lowest BCUT2D eigenvalue weighted by atomic mass is 10.1. The number of alkyl halides is 2. The van der Waals surface area contributed by atoms with E-state index in [-0.39, 0.29) is 5.91 Å². The minimum absolute atomic E-state index is 0.203. The highest BCUT2D eigenvalue weighted by molar-refractivity contribution is 6.18. The number of nitrogens with zero attached hydrogens (tertiary/aromatic N) is 2. The minimum atomic E-state index is -0.203. The molecule has 1 aliphatic heterocycles. The van der Waals surface area contributed by atoms with Gasteiger partial charge in [-0.3, -0.25) is 9.79 Å². The number of aliphatic imine (C=N–C) groups is 1. The van der Waals surface area contributed by atoms with Crippen LogP contribution in [0, 0.1) is 0 Å². The number of nitrogens with one attached hydrogen (secondary N) is 2. The molecule has 8 heteroatoms. The Kier molecular flexibility index (Phi) is 9.09. The van der Waals surface area contributed by atoms with Crippen molar-refractivity contribution in [2.24, 2.45) is 4.99 Å². The number of hydrogen-bond donors (Lipinski definition) is 2. The van der Waals surface area contributed by atoms with E-state index in [1.165, 1.54) is 5.56 Å². The van der Waals surface area contributed by atoms with E-state index >= 15 is 0 Å². The lowest BCUT2D eigenvalue weighted by Gasteiger charge is -2.23. The molecule has 1 amide bonds. The summed E-state index contributed by atoms with van der Waals surface area (Å²) in [7, 11) is 0. The highest BCUT2D eigenvalue weighted by Crippen LogP contribution is 2.23. The van der Waals surface area contributed by atoms with E-state index in [0.717, 1.165) is 61.7 Å². The van der Waals surface area contributed by atoms with E-state index in [2.05, 4.69) is 44.8 Å². The van der Waals surface area contributed by atoms with Crippen LogP contribution < -0.4 is 15.5 Å². The van der Waals surface area contributed by atoms with Gasteiger partial charge in [0.2, 0.25) is 0 Å². The van der Waals surface area contributed by atoms with Crippen molar-refractivity contribution < 1.29 is 9.21 Å². The number of benzene rings is 2. The molecule has 0 radical (unpaired) electrons. The molecule has 6 nitrogen and oxygen atoms in total. The Morgan fingerprint density at radius 2 is 1.69 bits per heavy atom. The van der Waals surface area contributed by atoms with E-state index in [1.807, 2.05) is 30.3 Å². The Hall–Kier alpha value is -2.96. The number of amides is 1. The zero-order chi connectivity index (χ0) is 24.5. The second-order valence-electron chi connectivity index (χ2n) is 8.29. The fraction of sp³-hybridized carbons (Fsp3) is 0.333. The summed E-state index contributed by atoms with van der Waals surface area (Å²) in [5.41, 5.74) is 4.32. The molecule has 0 bridgehead atoms. The largest absolute Gasteiger partial charge is 0.451 e. The first kappa shape index (κ1) is 25.1. The van der Waals surface area contributed by atoms with Crippen LogP contribution in [0.5, 0.6) is 0 Å². The summed E-state index contributed by atoms with van der Waals surface area (Å²) < 4.78 is 5.81. The number of rotatable bonds is 12. The summed E-state index contributed by atoms with van der Waals surface area (Å²) in [6.45, 7) is 3.80. The van der Waals surface area contributed by atoms with E-state index in [4.69, 9.17) is 27.6 Å². The van der Waals surface area contributed by atoms with Gasteiger partial charge in [-0.05, 0) is 42.7 Å². The van der Waals surface area contributed by atoms with E-state index in [0.29, 0.717) is 29.8 Å². The summed E-state index contributed by atoms with van der Waals surface area (Å²) in [6, 6.07) is 20.0. The molecule has 0 saturated carbocycles. The molecule has 3 aromatic rings. The van der Waals surface area contributed by atoms with Crippen molar-refractivity contribution in [2.45, 2.75) is 12.8 Å². The Morgan fingerprint density at radius 3 is 2.34 bits per heavy atom. The molecule has 0 aliphatic carbocycles. The van der Waals surface area contributed by atoms with Crippen LogP contribution in [0.15, 0.2) is 70.1 Å². The van der Waals surface area contributed by atoms with Crippen molar-refractivity contribution in [3.63, 3.8) is 0 Å². The SMILES string of the molecule is O=C(NCCCc1ccc(N(CCCl)CCCl)cc1)c1ccc(-c2ccc(C3=NCCN3)cc2)o1. The molecule has 1 aliphatic rings. The highest BCUT2D eigenvalue weighted by atomic mass is 35.5. The Balaban J connectivity index is 1.24. The maximum Gasteiger partial charge on any atom is 0.287 e. The summed E-state index contributed by atoms with van der Waals surface area (Å²) in [6.07, 6.45) is 1.71. The van der Waals surface area contributed by atoms with Gasteiger partial charge in [-0.1, -0.05) is 36.4 Å². The third kappa shape index (κ3) is 6.80. The molecule has 2 heterocycles. The van der Waals surface area contributed by atoms with Crippen LogP contribution in [0.3, 0.4) is 0 Å². The van der Waals surface area contributed by atoms with Crippen LogP contribution in [-0.4, -0.2) is 56.2 Å². The van der Waals surface area contributed by atoms with Crippen molar-refractivity contribution in [1.29, 1.82) is 0 Å². The average Bonchev–Trinajstić information content (AvgIpc) is 3.60. The van der Waals surface area contributed by atoms with Crippen LogP contribution >= 0.6 is 23.2 Å². The molecule has 0 unspecified atom stereocenters. The smallest absolute Gasteiger partial charge is 0.287 e. The maximum atomic E-state index is 12.5. The van der Waals surface area contributed by atoms with Crippen LogP contribution in [0.4, 0.5) is 5.69 Å². The molecule has 0 atom stereocenters. The molecular weight excluding hydrogens is 483 g/mol. The summed E-state index contributed by atoms with van der Waals surface area (Å²) in [4.78, 5) is 19.1. The topological polar surface area (TPSA) is 69.9 Å². The highest BCUT2D eigenvalue weighted by Gasteiger charge is 2.13. The standard InChI is InChI=1S/C27H30Cl2N4O2/c28-13-18-33(19-14-29)23-9-3-20(4-10-23)2-1-15-32-27(34)25-12-11-24(35-25)21-5-7-22(8-6-21)26-30-16-17-31-26/h3-12H,1-2,13-19H2,(H,30,31)(H,32,34). The van der Waals surface area contributed by atoms with Crippen LogP contribution in [0.2, 0.25) is 0 Å². The average molecular weight is 513 g/mol. The summed E-state index contributed by atoms with van der Waals surface area (Å²) in [5.74, 6) is 2.83. The number of anilines is 1. The van der Waals surface area contributed by atoms with Crippen molar-refractivity contribution in [1.82, 2.24) is 10.6 Å². The molecule has 35 heavy (non-hydrogen) atoms. The van der Waals surface area contributed by atoms with E-state index in [1.54, 1.807) is 6.07 Å². The quantitative estimate of drug-likeness (QED) is 0.266. The Morgan fingerprint density at radius 1 is 0.971 bits per heavy atom. The van der Waals surface area contributed by atoms with Crippen molar-refractivity contribution in [3.8, 4) is 11.3 Å². The zero-order valence-electron chi connectivity index (χ0n) is 19.6. The van der Waals surface area contributed by atoms with Crippen molar-refractivity contribution in [3.05, 3.63) is 77.6 Å². The number of furan rings is 1. The molecule has 0 saturated heterocycles. The Bertz CT molecular complexity index is 1120. The molecule has 2 aromatic carbocycles. The van der Waals surface area contributed by atoms with Gasteiger partial charge in [-0.15, -0.1) is 23.2 Å². The van der Waals surface area contributed by atoms with E-state index < -0.39 is 0 Å². The van der Waals surface area contributed by atoms with E-state index in [9.17, 15) is 4.79 Å². The van der Waals surface area contributed by atoms with Gasteiger partial charge >= 0.3 is 0 Å². The Labute approximate surface area is 216 Å². The molecule has 0 spiro atoms. The molecular formula is C27H30Cl2N4O2. The van der Waals surface area contributed by atoms with Crippen molar-refractivity contribution >= 4 is 40.6 Å². The van der Waals surface area contributed by atoms with Gasteiger partial charge in [0.25, 0.3) is 5.91 Å². The summed E-state index contributed by atoms with van der Waals surface area (Å²) in [5, 5.41) is 6.21. The first-order valence-corrected chi connectivity index (χ1v) is 13.0. The second-order valence-corrected chi connectivity index (χ2v) is 9.05. The van der Waals surface area contributed by atoms with Crippen LogP contribution in [0.25, 0.3) is 11.3 Å². The van der Waals surface area contributed by atoms with Gasteiger partial charge in [0, 0.05) is 54.8 Å². The second kappa shape index (κ2) is 12.7.